The average molecular weight is 257 g/mol. The molecule has 0 saturated carbocycles. The second kappa shape index (κ2) is 12.6. The van der Waals surface area contributed by atoms with E-state index in [0.717, 1.165) is 13.0 Å². The molecule has 1 amide bonds. The molecule has 0 saturated heterocycles. The van der Waals surface area contributed by atoms with E-state index in [1.165, 1.54) is 32.6 Å². The van der Waals surface area contributed by atoms with Gasteiger partial charge in [-0.2, -0.15) is 0 Å². The second-order valence-corrected chi connectivity index (χ2v) is 4.58. The first-order valence-electron chi connectivity index (χ1n) is 7.00. The molecule has 0 radical (unpaired) electrons. The number of hydrogen-bond donors (Lipinski definition) is 1. The third-order valence-corrected chi connectivity index (χ3v) is 2.66. The number of rotatable bonds is 12. The van der Waals surface area contributed by atoms with Crippen molar-refractivity contribution >= 4 is 11.7 Å². The van der Waals surface area contributed by atoms with E-state index < -0.39 is 0 Å². The van der Waals surface area contributed by atoms with Gasteiger partial charge in [-0.1, -0.05) is 32.6 Å². The quantitative estimate of drug-likeness (QED) is 0.546. The zero-order valence-electron chi connectivity index (χ0n) is 11.8. The van der Waals surface area contributed by atoms with Crippen molar-refractivity contribution in [1.82, 2.24) is 5.32 Å². The fraction of sp³-hybridized carbons (Fsp3) is 0.857. The molecule has 0 heterocycles. The van der Waals surface area contributed by atoms with E-state index in [0.29, 0.717) is 26.0 Å². The molecule has 0 fully saturated rings. The lowest BCUT2D eigenvalue weighted by Crippen LogP contribution is -2.26. The maximum atomic E-state index is 11.3. The number of ketones is 1. The number of hydrogen-bond acceptors (Lipinski definition) is 3. The minimum absolute atomic E-state index is 0.0396. The Labute approximate surface area is 110 Å². The van der Waals surface area contributed by atoms with Gasteiger partial charge in [0.1, 0.15) is 5.78 Å². The van der Waals surface area contributed by atoms with Crippen molar-refractivity contribution in [2.75, 3.05) is 19.8 Å². The van der Waals surface area contributed by atoms with Gasteiger partial charge in [0, 0.05) is 26.0 Å². The van der Waals surface area contributed by atoms with Crippen LogP contribution in [0.2, 0.25) is 0 Å². The van der Waals surface area contributed by atoms with E-state index in [4.69, 9.17) is 4.74 Å². The summed E-state index contributed by atoms with van der Waals surface area (Å²) in [6.45, 7) is 5.37. The van der Waals surface area contributed by atoms with Crippen LogP contribution in [0.3, 0.4) is 0 Å². The van der Waals surface area contributed by atoms with Crippen molar-refractivity contribution in [3.63, 3.8) is 0 Å². The summed E-state index contributed by atoms with van der Waals surface area (Å²) in [5.41, 5.74) is 0. The van der Waals surface area contributed by atoms with E-state index in [2.05, 4.69) is 12.2 Å². The number of amides is 1. The van der Waals surface area contributed by atoms with Crippen molar-refractivity contribution in [3.05, 3.63) is 0 Å². The van der Waals surface area contributed by atoms with Gasteiger partial charge in [-0.05, 0) is 13.3 Å². The molecule has 0 aromatic rings. The van der Waals surface area contributed by atoms with Crippen molar-refractivity contribution in [2.45, 2.75) is 58.8 Å². The van der Waals surface area contributed by atoms with Crippen LogP contribution in [0.4, 0.5) is 0 Å². The van der Waals surface area contributed by atoms with Gasteiger partial charge in [0.05, 0.1) is 6.61 Å². The molecule has 0 aromatic carbocycles. The van der Waals surface area contributed by atoms with Crippen LogP contribution in [0.15, 0.2) is 0 Å². The zero-order valence-corrected chi connectivity index (χ0v) is 11.8. The fourth-order valence-corrected chi connectivity index (χ4v) is 1.54. The van der Waals surface area contributed by atoms with Crippen molar-refractivity contribution < 1.29 is 14.3 Å². The molecule has 0 unspecified atom stereocenters. The van der Waals surface area contributed by atoms with Crippen molar-refractivity contribution in [2.24, 2.45) is 0 Å². The molecule has 0 spiro atoms. The van der Waals surface area contributed by atoms with Crippen LogP contribution in [-0.4, -0.2) is 31.4 Å². The van der Waals surface area contributed by atoms with Crippen LogP contribution in [0.5, 0.6) is 0 Å². The fourth-order valence-electron chi connectivity index (χ4n) is 1.54. The molecular formula is C14H27NO3. The summed E-state index contributed by atoms with van der Waals surface area (Å²) in [5, 5.41) is 2.69. The van der Waals surface area contributed by atoms with Gasteiger partial charge in [-0.25, -0.2) is 0 Å². The normalized spacial score (nSPS) is 10.3. The lowest BCUT2D eigenvalue weighted by Gasteiger charge is -2.05. The van der Waals surface area contributed by atoms with Crippen LogP contribution < -0.4 is 5.32 Å². The molecule has 0 aromatic heterocycles. The first-order chi connectivity index (χ1) is 8.66. The Hall–Kier alpha value is -0.900. The molecule has 4 nitrogen and oxygen atoms in total. The van der Waals surface area contributed by atoms with Crippen LogP contribution >= 0.6 is 0 Å². The highest BCUT2D eigenvalue weighted by molar-refractivity contribution is 5.78. The Bertz CT molecular complexity index is 229. The maximum absolute atomic E-state index is 11.3. The van der Waals surface area contributed by atoms with E-state index in [-0.39, 0.29) is 11.7 Å². The van der Waals surface area contributed by atoms with Gasteiger partial charge in [-0.3, -0.25) is 9.59 Å². The first-order valence-corrected chi connectivity index (χ1v) is 7.00. The van der Waals surface area contributed by atoms with Crippen LogP contribution in [-0.2, 0) is 14.3 Å². The van der Waals surface area contributed by atoms with E-state index in [9.17, 15) is 9.59 Å². The number of Topliss-reactive ketones (excluding diaryl/α,β-unsaturated/α-hetero) is 1. The van der Waals surface area contributed by atoms with Gasteiger partial charge in [-0.15, -0.1) is 0 Å². The summed E-state index contributed by atoms with van der Waals surface area (Å²) in [6.07, 6.45) is 6.88. The highest BCUT2D eigenvalue weighted by Crippen LogP contribution is 2.02. The Morgan fingerprint density at radius 2 is 1.72 bits per heavy atom. The molecule has 0 aliphatic rings. The minimum atomic E-state index is -0.0396. The van der Waals surface area contributed by atoms with Crippen molar-refractivity contribution in [1.29, 1.82) is 0 Å². The van der Waals surface area contributed by atoms with Crippen molar-refractivity contribution in [3.8, 4) is 0 Å². The second-order valence-electron chi connectivity index (χ2n) is 4.58. The van der Waals surface area contributed by atoms with E-state index in [1.54, 1.807) is 0 Å². The largest absolute Gasteiger partial charge is 0.381 e. The Morgan fingerprint density at radius 3 is 2.39 bits per heavy atom. The minimum Gasteiger partial charge on any atom is -0.381 e. The molecular weight excluding hydrogens is 230 g/mol. The first kappa shape index (κ1) is 17.1. The third-order valence-electron chi connectivity index (χ3n) is 2.66. The molecule has 106 valence electrons. The Morgan fingerprint density at radius 1 is 1.00 bits per heavy atom. The molecule has 0 aliphatic heterocycles. The van der Waals surface area contributed by atoms with Gasteiger partial charge in [0.25, 0.3) is 0 Å². The van der Waals surface area contributed by atoms with Gasteiger partial charge >= 0.3 is 0 Å². The number of nitrogens with one attached hydrogen (secondary N) is 1. The summed E-state index contributed by atoms with van der Waals surface area (Å²) in [5.74, 6) is 0.0564. The average Bonchev–Trinajstić information content (AvgIpc) is 2.32. The van der Waals surface area contributed by atoms with Crippen LogP contribution in [0.25, 0.3) is 0 Å². The molecule has 0 aliphatic carbocycles. The highest BCUT2D eigenvalue weighted by Gasteiger charge is 2.01. The van der Waals surface area contributed by atoms with Crippen LogP contribution in [0, 0.1) is 0 Å². The summed E-state index contributed by atoms with van der Waals surface area (Å²) >= 11 is 0. The number of carbonyl (C=O) groups is 2. The number of carbonyl (C=O) groups excluding carboxylic acids is 2. The summed E-state index contributed by atoms with van der Waals surface area (Å²) in [7, 11) is 0. The van der Waals surface area contributed by atoms with E-state index >= 15 is 0 Å². The lowest BCUT2D eigenvalue weighted by atomic mass is 10.2. The summed E-state index contributed by atoms with van der Waals surface area (Å²) < 4.78 is 5.38. The number of unbranched alkanes of at least 4 members (excludes halogenated alkanes) is 4. The summed E-state index contributed by atoms with van der Waals surface area (Å²) in [4.78, 5) is 22.0. The molecule has 0 bridgehead atoms. The topological polar surface area (TPSA) is 55.4 Å². The smallest absolute Gasteiger partial charge is 0.222 e. The lowest BCUT2D eigenvalue weighted by molar-refractivity contribution is -0.122. The van der Waals surface area contributed by atoms with Gasteiger partial charge in [0.15, 0.2) is 0 Å². The zero-order chi connectivity index (χ0) is 13.6. The Kier molecular flexibility index (Phi) is 11.9. The molecule has 18 heavy (non-hydrogen) atoms. The molecule has 0 atom stereocenters. The standard InChI is InChI=1S/C14H27NO3/c1-3-4-5-6-7-11-18-12-9-14(17)15-10-8-13(2)16/h3-12H2,1-2H3,(H,15,17). The molecule has 0 rings (SSSR count). The SMILES string of the molecule is CCCCCCCOCCC(=O)NCCC(C)=O. The highest BCUT2D eigenvalue weighted by atomic mass is 16.5. The number of ether oxygens (including phenoxy) is 1. The molecule has 1 N–H and O–H groups in total. The maximum Gasteiger partial charge on any atom is 0.222 e. The Balaban J connectivity index is 3.17. The summed E-state index contributed by atoms with van der Waals surface area (Å²) in [6, 6.07) is 0. The third kappa shape index (κ3) is 13.2. The van der Waals surface area contributed by atoms with Gasteiger partial charge < -0.3 is 10.1 Å². The van der Waals surface area contributed by atoms with E-state index in [1.807, 2.05) is 0 Å². The predicted octanol–water partition coefficient (Wildman–Crippen LogP) is 2.46. The monoisotopic (exact) mass is 257 g/mol. The van der Waals surface area contributed by atoms with Crippen LogP contribution in [0.1, 0.15) is 58.8 Å². The van der Waals surface area contributed by atoms with Gasteiger partial charge in [0.2, 0.25) is 5.91 Å². The predicted molar refractivity (Wildman–Crippen MR) is 72.5 cm³/mol. The molecule has 4 heteroatoms.